The summed E-state index contributed by atoms with van der Waals surface area (Å²) in [6.45, 7) is 0.387. The highest BCUT2D eigenvalue weighted by atomic mass is 35.5. The largest absolute Gasteiger partial charge is 0.396 e. The number of hydrogen-bond donors (Lipinski definition) is 1. The molecule has 0 saturated carbocycles. The van der Waals surface area contributed by atoms with E-state index in [0.717, 1.165) is 18.2 Å². The number of aliphatic hydroxyl groups excluding tert-OH is 1. The van der Waals surface area contributed by atoms with Crippen LogP contribution in [0.5, 0.6) is 0 Å². The van der Waals surface area contributed by atoms with E-state index in [1.807, 2.05) is 0 Å². The minimum absolute atomic E-state index is 0.0633. The Morgan fingerprint density at radius 2 is 2.11 bits per heavy atom. The van der Waals surface area contributed by atoms with Gasteiger partial charge in [0.15, 0.2) is 0 Å². The van der Waals surface area contributed by atoms with E-state index in [4.69, 9.17) is 16.7 Å². The molecule has 0 amide bonds. The summed E-state index contributed by atoms with van der Waals surface area (Å²) in [7, 11) is -3.75. The second-order valence-electron chi connectivity index (χ2n) is 4.24. The van der Waals surface area contributed by atoms with Crippen molar-refractivity contribution in [2.45, 2.75) is 4.90 Å². The Morgan fingerprint density at radius 1 is 1.47 bits per heavy atom. The highest BCUT2D eigenvalue weighted by Crippen LogP contribution is 2.31. The number of aliphatic hydroxyl groups is 1. The number of nitro benzene ring substituents is 1. The Kier molecular flexibility index (Phi) is 3.77. The number of nitrogens with zero attached hydrogens (tertiary/aromatic N) is 2. The molecule has 1 aromatic rings. The predicted molar refractivity (Wildman–Crippen MR) is 67.4 cm³/mol. The van der Waals surface area contributed by atoms with Gasteiger partial charge in [-0.05, 0) is 6.07 Å². The van der Waals surface area contributed by atoms with Crippen molar-refractivity contribution in [1.82, 2.24) is 4.31 Å². The lowest BCUT2D eigenvalue weighted by Crippen LogP contribution is -2.51. The fourth-order valence-corrected chi connectivity index (χ4v) is 3.89. The first-order chi connectivity index (χ1) is 8.86. The zero-order chi connectivity index (χ0) is 14.2. The SMILES string of the molecule is O=[N+]([O-])c1ccc(S(=O)(=O)N2CC(CO)C2)c(Cl)c1. The summed E-state index contributed by atoms with van der Waals surface area (Å²) in [6.07, 6.45) is 0. The molecule has 1 fully saturated rings. The molecule has 7 nitrogen and oxygen atoms in total. The molecule has 9 heteroatoms. The average molecular weight is 307 g/mol. The van der Waals surface area contributed by atoms with Gasteiger partial charge in [-0.3, -0.25) is 10.1 Å². The molecule has 0 bridgehead atoms. The van der Waals surface area contributed by atoms with Crippen LogP contribution in [0.15, 0.2) is 23.1 Å². The topological polar surface area (TPSA) is 101 Å². The minimum Gasteiger partial charge on any atom is -0.396 e. The van der Waals surface area contributed by atoms with Gasteiger partial charge >= 0.3 is 0 Å². The summed E-state index contributed by atoms with van der Waals surface area (Å²) in [5.74, 6) is -0.0633. The number of hydrogen-bond acceptors (Lipinski definition) is 5. The number of halogens is 1. The lowest BCUT2D eigenvalue weighted by Gasteiger charge is -2.37. The number of sulfonamides is 1. The predicted octanol–water partition coefficient (Wildman–Crippen LogP) is 0.861. The quantitative estimate of drug-likeness (QED) is 0.657. The van der Waals surface area contributed by atoms with Gasteiger partial charge in [-0.1, -0.05) is 11.6 Å². The Balaban J connectivity index is 2.29. The van der Waals surface area contributed by atoms with E-state index in [2.05, 4.69) is 0 Å². The zero-order valence-electron chi connectivity index (χ0n) is 9.69. The van der Waals surface area contributed by atoms with Crippen molar-refractivity contribution in [2.75, 3.05) is 19.7 Å². The van der Waals surface area contributed by atoms with Crippen LogP contribution in [0.1, 0.15) is 0 Å². The van der Waals surface area contributed by atoms with Gasteiger partial charge in [-0.2, -0.15) is 4.31 Å². The van der Waals surface area contributed by atoms with E-state index >= 15 is 0 Å². The van der Waals surface area contributed by atoms with E-state index < -0.39 is 14.9 Å². The summed E-state index contributed by atoms with van der Waals surface area (Å²) in [5, 5.41) is 19.2. The van der Waals surface area contributed by atoms with Gasteiger partial charge in [0.05, 0.1) is 9.95 Å². The standard InChI is InChI=1S/C10H11ClN2O5S/c11-9-3-8(13(15)16)1-2-10(9)19(17,18)12-4-7(5-12)6-14/h1-3,7,14H,4-6H2. The van der Waals surface area contributed by atoms with Crippen LogP contribution in [0.3, 0.4) is 0 Å². The maximum absolute atomic E-state index is 12.2. The maximum Gasteiger partial charge on any atom is 0.271 e. The molecule has 1 aliphatic heterocycles. The third kappa shape index (κ3) is 2.57. The third-order valence-electron chi connectivity index (χ3n) is 2.93. The highest BCUT2D eigenvalue weighted by molar-refractivity contribution is 7.89. The van der Waals surface area contributed by atoms with E-state index in [1.165, 1.54) is 4.31 Å². The highest BCUT2D eigenvalue weighted by Gasteiger charge is 2.37. The molecule has 0 unspecified atom stereocenters. The normalized spacial score (nSPS) is 17.2. The fourth-order valence-electron chi connectivity index (χ4n) is 1.79. The van der Waals surface area contributed by atoms with Gasteiger partial charge in [-0.25, -0.2) is 8.42 Å². The van der Waals surface area contributed by atoms with E-state index in [9.17, 15) is 18.5 Å². The molecule has 0 aromatic heterocycles. The minimum atomic E-state index is -3.75. The lowest BCUT2D eigenvalue weighted by molar-refractivity contribution is -0.384. The Hall–Kier alpha value is -1.22. The average Bonchev–Trinajstić information content (AvgIpc) is 2.26. The molecular formula is C10H11ClN2O5S. The maximum atomic E-state index is 12.2. The van der Waals surface area contributed by atoms with Crippen LogP contribution in [0, 0.1) is 16.0 Å². The summed E-state index contributed by atoms with van der Waals surface area (Å²) in [5.41, 5.74) is -0.263. The van der Waals surface area contributed by atoms with Crippen molar-refractivity contribution in [3.8, 4) is 0 Å². The molecule has 1 aromatic carbocycles. The number of nitro groups is 1. The molecule has 2 rings (SSSR count). The van der Waals surface area contributed by atoms with Crippen LogP contribution in [0.4, 0.5) is 5.69 Å². The number of non-ortho nitro benzene ring substituents is 1. The molecule has 1 N–H and O–H groups in total. The molecule has 104 valence electrons. The van der Waals surface area contributed by atoms with Gasteiger partial charge in [0.1, 0.15) is 4.90 Å². The first-order valence-electron chi connectivity index (χ1n) is 5.41. The molecule has 0 atom stereocenters. The molecular weight excluding hydrogens is 296 g/mol. The molecule has 0 aliphatic carbocycles. The van der Waals surface area contributed by atoms with Gasteiger partial charge < -0.3 is 5.11 Å². The number of rotatable bonds is 4. The third-order valence-corrected chi connectivity index (χ3v) is 5.24. The Bertz CT molecular complexity index is 612. The van der Waals surface area contributed by atoms with E-state index in [-0.39, 0.29) is 41.2 Å². The second kappa shape index (κ2) is 5.04. The van der Waals surface area contributed by atoms with Crippen LogP contribution < -0.4 is 0 Å². The van der Waals surface area contributed by atoms with Crippen LogP contribution in [0.25, 0.3) is 0 Å². The molecule has 19 heavy (non-hydrogen) atoms. The molecule has 1 heterocycles. The molecule has 1 aliphatic rings. The van der Waals surface area contributed by atoms with E-state index in [0.29, 0.717) is 0 Å². The molecule has 1 saturated heterocycles. The summed E-state index contributed by atoms with van der Waals surface area (Å²) < 4.78 is 25.5. The smallest absolute Gasteiger partial charge is 0.271 e. The van der Waals surface area contributed by atoms with Crippen LogP contribution >= 0.6 is 11.6 Å². The van der Waals surface area contributed by atoms with Gasteiger partial charge in [-0.15, -0.1) is 0 Å². The van der Waals surface area contributed by atoms with Crippen LogP contribution in [-0.2, 0) is 10.0 Å². The molecule has 0 radical (unpaired) electrons. The second-order valence-corrected chi connectivity index (χ2v) is 6.56. The fraction of sp³-hybridized carbons (Fsp3) is 0.400. The van der Waals surface area contributed by atoms with Crippen molar-refractivity contribution >= 4 is 27.3 Å². The van der Waals surface area contributed by atoms with Crippen LogP contribution in [-0.4, -0.2) is 42.4 Å². The first kappa shape index (κ1) is 14.2. The van der Waals surface area contributed by atoms with Gasteiger partial charge in [0, 0.05) is 37.7 Å². The van der Waals surface area contributed by atoms with Gasteiger partial charge in [0.2, 0.25) is 10.0 Å². The monoisotopic (exact) mass is 306 g/mol. The zero-order valence-corrected chi connectivity index (χ0v) is 11.3. The summed E-state index contributed by atoms with van der Waals surface area (Å²) >= 11 is 5.79. The molecule has 0 spiro atoms. The van der Waals surface area contributed by atoms with Crippen molar-refractivity contribution < 1.29 is 18.4 Å². The first-order valence-corrected chi connectivity index (χ1v) is 7.23. The van der Waals surface area contributed by atoms with Crippen LogP contribution in [0.2, 0.25) is 5.02 Å². The van der Waals surface area contributed by atoms with E-state index in [1.54, 1.807) is 0 Å². The van der Waals surface area contributed by atoms with Crippen molar-refractivity contribution in [2.24, 2.45) is 5.92 Å². The number of benzene rings is 1. The summed E-state index contributed by atoms with van der Waals surface area (Å²) in [6, 6.07) is 3.24. The summed E-state index contributed by atoms with van der Waals surface area (Å²) in [4.78, 5) is 9.75. The van der Waals surface area contributed by atoms with Crippen molar-refractivity contribution in [3.05, 3.63) is 33.3 Å². The lowest BCUT2D eigenvalue weighted by atomic mass is 10.1. The van der Waals surface area contributed by atoms with Crippen molar-refractivity contribution in [3.63, 3.8) is 0 Å². The Labute approximate surface area is 114 Å². The Morgan fingerprint density at radius 3 is 2.58 bits per heavy atom. The van der Waals surface area contributed by atoms with Crippen molar-refractivity contribution in [1.29, 1.82) is 0 Å². The van der Waals surface area contributed by atoms with Gasteiger partial charge in [0.25, 0.3) is 5.69 Å².